The van der Waals surface area contributed by atoms with E-state index in [1.54, 1.807) is 0 Å². The van der Waals surface area contributed by atoms with Crippen LogP contribution < -0.4 is 10.6 Å². The van der Waals surface area contributed by atoms with E-state index in [4.69, 9.17) is 0 Å². The Balaban J connectivity index is 0.00000280. The number of nitrogens with zero attached hydrogens (tertiary/aromatic N) is 3. The van der Waals surface area contributed by atoms with Gasteiger partial charge in [-0.3, -0.25) is 4.99 Å². The van der Waals surface area contributed by atoms with Crippen molar-refractivity contribution in [3.8, 4) is 0 Å². The number of halogens is 1. The zero-order valence-corrected chi connectivity index (χ0v) is 20.0. The van der Waals surface area contributed by atoms with Gasteiger partial charge in [0.05, 0.1) is 0 Å². The molecule has 0 aromatic heterocycles. The van der Waals surface area contributed by atoms with E-state index >= 15 is 0 Å². The first-order valence-electron chi connectivity index (χ1n) is 10.7. The summed E-state index contributed by atoms with van der Waals surface area (Å²) in [6.45, 7) is 11.6. The van der Waals surface area contributed by atoms with Crippen LogP contribution in [0.4, 0.5) is 0 Å². The second-order valence-electron chi connectivity index (χ2n) is 7.98. The van der Waals surface area contributed by atoms with Crippen molar-refractivity contribution in [2.45, 2.75) is 38.0 Å². The van der Waals surface area contributed by atoms with Crippen molar-refractivity contribution in [1.82, 2.24) is 20.4 Å². The third kappa shape index (κ3) is 6.88. The molecule has 0 spiro atoms. The van der Waals surface area contributed by atoms with Gasteiger partial charge in [-0.25, -0.2) is 0 Å². The molecule has 1 heterocycles. The monoisotopic (exact) mass is 499 g/mol. The summed E-state index contributed by atoms with van der Waals surface area (Å²) < 4.78 is 0. The number of aliphatic imine (C=N–C) groups is 1. The molecule has 5 nitrogen and oxygen atoms in total. The molecule has 0 amide bonds. The van der Waals surface area contributed by atoms with Crippen molar-refractivity contribution in [3.05, 3.63) is 35.9 Å². The van der Waals surface area contributed by atoms with Gasteiger partial charge in [-0.05, 0) is 44.3 Å². The second-order valence-corrected chi connectivity index (χ2v) is 7.98. The number of nitrogens with one attached hydrogen (secondary N) is 2. The van der Waals surface area contributed by atoms with Crippen LogP contribution in [0.5, 0.6) is 0 Å². The molecule has 1 saturated carbocycles. The summed E-state index contributed by atoms with van der Waals surface area (Å²) in [5.74, 6) is 0.939. The molecule has 28 heavy (non-hydrogen) atoms. The van der Waals surface area contributed by atoms with Crippen LogP contribution in [0, 0.1) is 0 Å². The lowest BCUT2D eigenvalue weighted by molar-refractivity contribution is 0.136. The first kappa shape index (κ1) is 23.4. The number of unbranched alkanes of at least 4 members (excludes halogenated alkanes) is 1. The zero-order chi connectivity index (χ0) is 19.0. The van der Waals surface area contributed by atoms with Crippen LogP contribution in [0.15, 0.2) is 35.3 Å². The lowest BCUT2D eigenvalue weighted by Gasteiger charge is -2.34. The summed E-state index contributed by atoms with van der Waals surface area (Å²) in [7, 11) is 1.87. The van der Waals surface area contributed by atoms with E-state index in [1.807, 2.05) is 7.05 Å². The number of hydrogen-bond donors (Lipinski definition) is 2. The van der Waals surface area contributed by atoms with Gasteiger partial charge in [-0.1, -0.05) is 37.3 Å². The fraction of sp³-hybridized carbons (Fsp3) is 0.682. The number of rotatable bonds is 9. The highest BCUT2D eigenvalue weighted by atomic mass is 127. The van der Waals surface area contributed by atoms with Crippen LogP contribution in [0.1, 0.15) is 38.2 Å². The lowest BCUT2D eigenvalue weighted by atomic mass is 9.96. The van der Waals surface area contributed by atoms with E-state index in [0.717, 1.165) is 19.0 Å². The first-order valence-corrected chi connectivity index (χ1v) is 10.7. The molecule has 0 atom stereocenters. The number of benzene rings is 1. The maximum Gasteiger partial charge on any atom is 0.191 e. The molecule has 2 N–H and O–H groups in total. The Morgan fingerprint density at radius 1 is 1.00 bits per heavy atom. The van der Waals surface area contributed by atoms with E-state index in [-0.39, 0.29) is 24.0 Å². The second kappa shape index (κ2) is 12.0. The van der Waals surface area contributed by atoms with Gasteiger partial charge in [0.1, 0.15) is 0 Å². The van der Waals surface area contributed by atoms with Crippen molar-refractivity contribution < 1.29 is 0 Å². The highest BCUT2D eigenvalue weighted by molar-refractivity contribution is 14.0. The lowest BCUT2D eigenvalue weighted by Crippen LogP contribution is -2.46. The predicted molar refractivity (Wildman–Crippen MR) is 130 cm³/mol. The molecule has 1 aliphatic heterocycles. The quantitative estimate of drug-likeness (QED) is 0.237. The summed E-state index contributed by atoms with van der Waals surface area (Å²) >= 11 is 0. The van der Waals surface area contributed by atoms with Gasteiger partial charge in [0.25, 0.3) is 0 Å². The van der Waals surface area contributed by atoms with Gasteiger partial charge in [0.2, 0.25) is 0 Å². The molecule has 3 rings (SSSR count). The smallest absolute Gasteiger partial charge is 0.191 e. The Morgan fingerprint density at radius 3 is 2.29 bits per heavy atom. The molecular formula is C22H38IN5. The number of hydrogen-bond acceptors (Lipinski definition) is 3. The molecular weight excluding hydrogens is 461 g/mol. The Labute approximate surface area is 188 Å². The minimum atomic E-state index is 0. The van der Waals surface area contributed by atoms with Crippen LogP contribution >= 0.6 is 24.0 Å². The minimum absolute atomic E-state index is 0. The molecule has 0 unspecified atom stereocenters. The molecule has 6 heteroatoms. The van der Waals surface area contributed by atoms with Crippen molar-refractivity contribution in [2.24, 2.45) is 4.99 Å². The SMILES string of the molecule is CCN1CCN(CCCCNC(=NC)NCC2(c3ccccc3)CC2)CC1.I. The Hall–Kier alpha value is -0.860. The molecule has 1 aromatic rings. The maximum absolute atomic E-state index is 4.40. The number of guanidine groups is 1. The van der Waals surface area contributed by atoms with Crippen molar-refractivity contribution in [2.75, 3.05) is 59.4 Å². The third-order valence-electron chi connectivity index (χ3n) is 6.16. The Kier molecular flexibility index (Phi) is 10.0. The fourth-order valence-electron chi connectivity index (χ4n) is 3.98. The summed E-state index contributed by atoms with van der Waals surface area (Å²) in [6, 6.07) is 10.9. The third-order valence-corrected chi connectivity index (χ3v) is 6.16. The van der Waals surface area contributed by atoms with E-state index in [2.05, 4.69) is 62.7 Å². The van der Waals surface area contributed by atoms with Crippen LogP contribution in [-0.2, 0) is 5.41 Å². The van der Waals surface area contributed by atoms with Crippen LogP contribution in [0.25, 0.3) is 0 Å². The highest BCUT2D eigenvalue weighted by Crippen LogP contribution is 2.47. The molecule has 0 bridgehead atoms. The normalized spacial score (nSPS) is 19.7. The Morgan fingerprint density at radius 2 is 1.68 bits per heavy atom. The minimum Gasteiger partial charge on any atom is -0.356 e. The van der Waals surface area contributed by atoms with Gasteiger partial charge in [-0.2, -0.15) is 0 Å². The van der Waals surface area contributed by atoms with Gasteiger partial charge in [-0.15, -0.1) is 24.0 Å². The van der Waals surface area contributed by atoms with E-state index in [0.29, 0.717) is 5.41 Å². The van der Waals surface area contributed by atoms with Crippen molar-refractivity contribution >= 4 is 29.9 Å². The van der Waals surface area contributed by atoms with Crippen molar-refractivity contribution in [3.63, 3.8) is 0 Å². The summed E-state index contributed by atoms with van der Waals surface area (Å²) in [5.41, 5.74) is 1.77. The van der Waals surface area contributed by atoms with Gasteiger partial charge in [0.15, 0.2) is 5.96 Å². The topological polar surface area (TPSA) is 42.9 Å². The summed E-state index contributed by atoms with van der Waals surface area (Å²) in [6.07, 6.45) is 4.99. The largest absolute Gasteiger partial charge is 0.356 e. The van der Waals surface area contributed by atoms with E-state index in [9.17, 15) is 0 Å². The van der Waals surface area contributed by atoms with Crippen LogP contribution in [-0.4, -0.2) is 75.2 Å². The van der Waals surface area contributed by atoms with Crippen LogP contribution in [0.3, 0.4) is 0 Å². The maximum atomic E-state index is 4.40. The first-order chi connectivity index (χ1) is 13.3. The highest BCUT2D eigenvalue weighted by Gasteiger charge is 2.43. The standard InChI is InChI=1S/C22H37N5.HI/c1-3-26-15-17-27(18-16-26)14-8-7-13-24-21(23-2)25-19-22(11-12-22)20-9-5-4-6-10-20;/h4-6,9-10H,3,7-8,11-19H2,1-2H3,(H2,23,24,25);1H. The summed E-state index contributed by atoms with van der Waals surface area (Å²) in [4.78, 5) is 9.54. The van der Waals surface area contributed by atoms with E-state index < -0.39 is 0 Å². The number of piperazine rings is 1. The molecule has 2 fully saturated rings. The molecule has 1 aromatic carbocycles. The zero-order valence-electron chi connectivity index (χ0n) is 17.6. The average molecular weight is 499 g/mol. The van der Waals surface area contributed by atoms with E-state index in [1.165, 1.54) is 70.5 Å². The van der Waals surface area contributed by atoms with Gasteiger partial charge in [0, 0.05) is 51.7 Å². The number of likely N-dealkylation sites (N-methyl/N-ethyl adjacent to an activating group) is 1. The summed E-state index contributed by atoms with van der Waals surface area (Å²) in [5, 5.41) is 7.03. The van der Waals surface area contributed by atoms with Gasteiger partial charge < -0.3 is 20.4 Å². The molecule has 1 saturated heterocycles. The molecule has 158 valence electrons. The Bertz CT molecular complexity index is 580. The molecule has 2 aliphatic rings. The van der Waals surface area contributed by atoms with Crippen LogP contribution in [0.2, 0.25) is 0 Å². The fourth-order valence-corrected chi connectivity index (χ4v) is 3.98. The van der Waals surface area contributed by atoms with Gasteiger partial charge >= 0.3 is 0 Å². The van der Waals surface area contributed by atoms with Crippen molar-refractivity contribution in [1.29, 1.82) is 0 Å². The molecule has 0 radical (unpaired) electrons. The average Bonchev–Trinajstić information content (AvgIpc) is 3.52. The predicted octanol–water partition coefficient (Wildman–Crippen LogP) is 2.92. The molecule has 1 aliphatic carbocycles.